The van der Waals surface area contributed by atoms with Crippen LogP contribution in [0.3, 0.4) is 0 Å². The van der Waals surface area contributed by atoms with E-state index in [1.807, 2.05) is 0 Å². The van der Waals surface area contributed by atoms with Crippen LogP contribution in [0.2, 0.25) is 10.0 Å². The summed E-state index contributed by atoms with van der Waals surface area (Å²) in [6.45, 7) is 0. The second kappa shape index (κ2) is 5.66. The van der Waals surface area contributed by atoms with Crippen molar-refractivity contribution in [2.24, 2.45) is 0 Å². The Morgan fingerprint density at radius 3 is 2.24 bits per heavy atom. The molecule has 0 aromatic heterocycles. The van der Waals surface area contributed by atoms with Crippen molar-refractivity contribution in [3.05, 3.63) is 69.0 Å². The largest absolute Gasteiger partial charge is 0.419 e. The zero-order chi connectivity index (χ0) is 15.8. The fourth-order valence-electron chi connectivity index (χ4n) is 1.72. The third-order valence-corrected chi connectivity index (χ3v) is 3.47. The molecule has 0 aliphatic carbocycles. The fourth-order valence-corrected chi connectivity index (χ4v) is 2.02. The number of carbonyl (C=O) groups excluding carboxylic acids is 1. The van der Waals surface area contributed by atoms with Gasteiger partial charge < -0.3 is 0 Å². The molecule has 1 nitrogen and oxygen atoms in total. The highest BCUT2D eigenvalue weighted by atomic mass is 35.5. The number of rotatable bonds is 2. The maximum Gasteiger partial charge on any atom is 0.419 e. The lowest BCUT2D eigenvalue weighted by molar-refractivity contribution is -0.140. The quantitative estimate of drug-likeness (QED) is 0.531. The summed E-state index contributed by atoms with van der Waals surface area (Å²) in [4.78, 5) is 12.1. The van der Waals surface area contributed by atoms with Crippen LogP contribution in [-0.4, -0.2) is 5.78 Å². The first-order valence-corrected chi connectivity index (χ1v) is 6.33. The topological polar surface area (TPSA) is 17.1 Å². The van der Waals surface area contributed by atoms with Crippen molar-refractivity contribution in [3.63, 3.8) is 0 Å². The van der Waals surface area contributed by atoms with Crippen LogP contribution < -0.4 is 0 Å². The minimum absolute atomic E-state index is 0.0508. The minimum atomic E-state index is -4.88. The van der Waals surface area contributed by atoms with Crippen LogP contribution in [0, 0.1) is 5.82 Å². The molecule has 0 spiro atoms. The highest BCUT2D eigenvalue weighted by Crippen LogP contribution is 2.33. The monoisotopic (exact) mass is 336 g/mol. The smallest absolute Gasteiger partial charge is 0.288 e. The highest BCUT2D eigenvalue weighted by molar-refractivity contribution is 6.42. The van der Waals surface area contributed by atoms with Gasteiger partial charge in [0, 0.05) is 5.56 Å². The van der Waals surface area contributed by atoms with E-state index in [1.165, 1.54) is 18.2 Å². The predicted molar refractivity (Wildman–Crippen MR) is 71.3 cm³/mol. The van der Waals surface area contributed by atoms with E-state index in [0.29, 0.717) is 6.07 Å². The lowest BCUT2D eigenvalue weighted by atomic mass is 10.0. The van der Waals surface area contributed by atoms with Gasteiger partial charge in [-0.2, -0.15) is 13.2 Å². The molecule has 0 aliphatic rings. The summed E-state index contributed by atoms with van der Waals surface area (Å²) >= 11 is 11.4. The molecule has 0 amide bonds. The summed E-state index contributed by atoms with van der Waals surface area (Å²) in [5.41, 5.74) is -2.22. The SMILES string of the molecule is O=C(c1ccc(Cl)c(Cl)c1)c1cccc(C(F)(F)F)c1F. The van der Waals surface area contributed by atoms with Crippen molar-refractivity contribution < 1.29 is 22.4 Å². The van der Waals surface area contributed by atoms with Crippen LogP contribution in [0.1, 0.15) is 21.5 Å². The van der Waals surface area contributed by atoms with Gasteiger partial charge in [-0.25, -0.2) is 4.39 Å². The molecule has 0 bridgehead atoms. The molecule has 0 N–H and O–H groups in total. The zero-order valence-electron chi connectivity index (χ0n) is 10.1. The summed E-state index contributed by atoms with van der Waals surface area (Å²) in [5, 5.41) is 0.229. The molecule has 0 saturated heterocycles. The Kier molecular flexibility index (Phi) is 4.25. The van der Waals surface area contributed by atoms with Gasteiger partial charge in [0.1, 0.15) is 5.82 Å². The Bertz CT molecular complexity index is 711. The predicted octanol–water partition coefficient (Wildman–Crippen LogP) is 5.38. The van der Waals surface area contributed by atoms with Gasteiger partial charge in [0.25, 0.3) is 0 Å². The third kappa shape index (κ3) is 3.19. The fraction of sp³-hybridized carbons (Fsp3) is 0.0714. The molecule has 0 aliphatic heterocycles. The molecule has 0 atom stereocenters. The van der Waals surface area contributed by atoms with Crippen molar-refractivity contribution >= 4 is 29.0 Å². The Balaban J connectivity index is 2.51. The molecule has 0 saturated carbocycles. The number of benzene rings is 2. The molecular formula is C14H6Cl2F4O. The summed E-state index contributed by atoms with van der Waals surface area (Å²) in [7, 11) is 0. The van der Waals surface area contributed by atoms with E-state index in [9.17, 15) is 22.4 Å². The van der Waals surface area contributed by atoms with Crippen molar-refractivity contribution in [1.82, 2.24) is 0 Å². The van der Waals surface area contributed by atoms with Gasteiger partial charge in [-0.3, -0.25) is 4.79 Å². The van der Waals surface area contributed by atoms with Crippen LogP contribution in [0.25, 0.3) is 0 Å². The lowest BCUT2D eigenvalue weighted by Crippen LogP contribution is -2.13. The van der Waals surface area contributed by atoms with Crippen LogP contribution in [-0.2, 0) is 6.18 Å². The van der Waals surface area contributed by atoms with Gasteiger partial charge in [0.15, 0.2) is 5.78 Å². The first-order valence-electron chi connectivity index (χ1n) is 5.57. The van der Waals surface area contributed by atoms with Crippen molar-refractivity contribution in [3.8, 4) is 0 Å². The van der Waals surface area contributed by atoms with Gasteiger partial charge in [-0.15, -0.1) is 0 Å². The molecule has 2 aromatic carbocycles. The maximum absolute atomic E-state index is 13.9. The molecule has 0 radical (unpaired) electrons. The highest BCUT2D eigenvalue weighted by Gasteiger charge is 2.35. The third-order valence-electron chi connectivity index (χ3n) is 2.73. The van der Waals surface area contributed by atoms with Gasteiger partial charge in [-0.05, 0) is 30.3 Å². The average Bonchev–Trinajstić information content (AvgIpc) is 2.40. The number of hydrogen-bond acceptors (Lipinski definition) is 1. The summed E-state index contributed by atoms with van der Waals surface area (Å²) in [5.74, 6) is -2.52. The second-order valence-electron chi connectivity index (χ2n) is 4.12. The van der Waals surface area contributed by atoms with E-state index < -0.39 is 28.9 Å². The number of hydrogen-bond donors (Lipinski definition) is 0. The van der Waals surface area contributed by atoms with Crippen LogP contribution in [0.4, 0.5) is 17.6 Å². The van der Waals surface area contributed by atoms with Gasteiger partial charge >= 0.3 is 6.18 Å². The molecular weight excluding hydrogens is 331 g/mol. The number of alkyl halides is 3. The summed E-state index contributed by atoms with van der Waals surface area (Å²) < 4.78 is 51.7. The van der Waals surface area contributed by atoms with Crippen LogP contribution in [0.15, 0.2) is 36.4 Å². The van der Waals surface area contributed by atoms with E-state index in [1.54, 1.807) is 0 Å². The molecule has 0 heterocycles. The van der Waals surface area contributed by atoms with Crippen LogP contribution >= 0.6 is 23.2 Å². The van der Waals surface area contributed by atoms with Crippen molar-refractivity contribution in [1.29, 1.82) is 0 Å². The second-order valence-corrected chi connectivity index (χ2v) is 4.94. The van der Waals surface area contributed by atoms with E-state index in [4.69, 9.17) is 23.2 Å². The standard InChI is InChI=1S/C14H6Cl2F4O/c15-10-5-4-7(6-11(10)16)13(21)8-2-1-3-9(12(8)17)14(18,19)20/h1-6H. The van der Waals surface area contributed by atoms with Crippen molar-refractivity contribution in [2.75, 3.05) is 0 Å². The molecule has 0 fully saturated rings. The van der Waals surface area contributed by atoms with E-state index in [2.05, 4.69) is 0 Å². The summed E-state index contributed by atoms with van der Waals surface area (Å²) in [6, 6.07) is 6.26. The normalized spacial score (nSPS) is 11.5. The van der Waals surface area contributed by atoms with Crippen LogP contribution in [0.5, 0.6) is 0 Å². The first-order chi connectivity index (χ1) is 9.71. The number of ketones is 1. The molecule has 0 unspecified atom stereocenters. The molecule has 2 aromatic rings. The Morgan fingerprint density at radius 1 is 1.00 bits per heavy atom. The molecule has 2 rings (SSSR count). The van der Waals surface area contributed by atoms with Gasteiger partial charge in [0.05, 0.1) is 21.2 Å². The Morgan fingerprint density at radius 2 is 1.67 bits per heavy atom. The van der Waals surface area contributed by atoms with Gasteiger partial charge in [0.2, 0.25) is 0 Å². The van der Waals surface area contributed by atoms with E-state index >= 15 is 0 Å². The molecule has 21 heavy (non-hydrogen) atoms. The number of carbonyl (C=O) groups is 1. The Labute approximate surface area is 127 Å². The van der Waals surface area contributed by atoms with E-state index in [0.717, 1.165) is 12.1 Å². The number of halogens is 6. The van der Waals surface area contributed by atoms with E-state index in [-0.39, 0.29) is 15.6 Å². The lowest BCUT2D eigenvalue weighted by Gasteiger charge is -2.10. The van der Waals surface area contributed by atoms with Crippen molar-refractivity contribution in [2.45, 2.75) is 6.18 Å². The minimum Gasteiger partial charge on any atom is -0.288 e. The zero-order valence-corrected chi connectivity index (χ0v) is 11.7. The Hall–Kier alpha value is -1.59. The molecule has 110 valence electrons. The summed E-state index contributed by atoms with van der Waals surface area (Å²) in [6.07, 6.45) is -4.88. The maximum atomic E-state index is 13.9. The average molecular weight is 337 g/mol. The van der Waals surface area contributed by atoms with Gasteiger partial charge in [-0.1, -0.05) is 29.3 Å². The first kappa shape index (κ1) is 15.8. The molecule has 7 heteroatoms.